The van der Waals surface area contributed by atoms with E-state index in [1.54, 1.807) is 17.8 Å². The largest absolute Gasteiger partial charge is 0.310 e. The van der Waals surface area contributed by atoms with Crippen LogP contribution in [-0.4, -0.2) is 11.3 Å². The van der Waals surface area contributed by atoms with Gasteiger partial charge in [-0.2, -0.15) is 0 Å². The van der Waals surface area contributed by atoms with Crippen molar-refractivity contribution in [2.45, 2.75) is 69.2 Å². The van der Waals surface area contributed by atoms with Gasteiger partial charge >= 0.3 is 0 Å². The van der Waals surface area contributed by atoms with Gasteiger partial charge in [0.05, 0.1) is 0 Å². The molecule has 1 nitrogen and oxygen atoms in total. The van der Waals surface area contributed by atoms with E-state index in [4.69, 9.17) is 0 Å². The topological polar surface area (TPSA) is 12.0 Å². The number of rotatable bonds is 5. The standard InChI is InChI=1S/C17H26FNS/c1-12(2)19-11-14-7-5-9-16(18)17(14)20-15-8-4-6-13(3)10-15/h5,7,9,12-13,15,19H,4,6,8,10-11H2,1-3H3. The minimum absolute atomic E-state index is 0.0590. The van der Waals surface area contributed by atoms with Gasteiger partial charge in [-0.15, -0.1) is 11.8 Å². The molecule has 0 radical (unpaired) electrons. The van der Waals surface area contributed by atoms with Crippen molar-refractivity contribution >= 4 is 11.8 Å². The van der Waals surface area contributed by atoms with Crippen molar-refractivity contribution in [2.24, 2.45) is 5.92 Å². The molecule has 1 aliphatic carbocycles. The third-order valence-corrected chi connectivity index (χ3v) is 5.38. The number of benzene rings is 1. The summed E-state index contributed by atoms with van der Waals surface area (Å²) >= 11 is 1.76. The molecule has 1 aromatic carbocycles. The molecule has 1 aromatic rings. The van der Waals surface area contributed by atoms with Crippen molar-refractivity contribution in [3.8, 4) is 0 Å². The maximum atomic E-state index is 14.2. The molecular formula is C17H26FNS. The fourth-order valence-electron chi connectivity index (χ4n) is 2.79. The average Bonchev–Trinajstić information content (AvgIpc) is 2.39. The van der Waals surface area contributed by atoms with Gasteiger partial charge in [-0.25, -0.2) is 4.39 Å². The quantitative estimate of drug-likeness (QED) is 0.821. The number of hydrogen-bond acceptors (Lipinski definition) is 2. The van der Waals surface area contributed by atoms with Crippen LogP contribution in [0.4, 0.5) is 4.39 Å². The molecule has 112 valence electrons. The van der Waals surface area contributed by atoms with E-state index < -0.39 is 0 Å². The van der Waals surface area contributed by atoms with Gasteiger partial charge in [0.25, 0.3) is 0 Å². The molecule has 0 amide bonds. The lowest BCUT2D eigenvalue weighted by atomic mass is 9.91. The number of thioether (sulfide) groups is 1. The highest BCUT2D eigenvalue weighted by atomic mass is 32.2. The van der Waals surface area contributed by atoms with Gasteiger partial charge in [0.2, 0.25) is 0 Å². The number of nitrogens with one attached hydrogen (secondary N) is 1. The summed E-state index contributed by atoms with van der Waals surface area (Å²) in [6, 6.07) is 5.88. The Morgan fingerprint density at radius 2 is 2.15 bits per heavy atom. The third kappa shape index (κ3) is 4.49. The van der Waals surface area contributed by atoms with Crippen LogP contribution in [0.2, 0.25) is 0 Å². The molecule has 0 aromatic heterocycles. The highest BCUT2D eigenvalue weighted by Crippen LogP contribution is 2.38. The Morgan fingerprint density at radius 3 is 2.85 bits per heavy atom. The third-order valence-electron chi connectivity index (χ3n) is 3.92. The van der Waals surface area contributed by atoms with Crippen LogP contribution in [0.5, 0.6) is 0 Å². The first kappa shape index (κ1) is 15.8. The van der Waals surface area contributed by atoms with Crippen LogP contribution in [0.1, 0.15) is 52.0 Å². The fraction of sp³-hybridized carbons (Fsp3) is 0.647. The Hall–Kier alpha value is -0.540. The molecule has 0 aliphatic heterocycles. The molecule has 0 saturated heterocycles. The Kier molecular flexibility index (Phi) is 5.91. The van der Waals surface area contributed by atoms with Gasteiger partial charge in [0.1, 0.15) is 5.82 Å². The first-order valence-corrected chi connectivity index (χ1v) is 8.61. The molecule has 2 atom stereocenters. The first-order chi connectivity index (χ1) is 9.56. The van der Waals surface area contributed by atoms with Crippen molar-refractivity contribution in [1.29, 1.82) is 0 Å². The van der Waals surface area contributed by atoms with Crippen molar-refractivity contribution < 1.29 is 4.39 Å². The fourth-order valence-corrected chi connectivity index (χ4v) is 4.31. The Morgan fingerprint density at radius 1 is 1.35 bits per heavy atom. The summed E-state index contributed by atoms with van der Waals surface area (Å²) in [4.78, 5) is 0.861. The molecule has 2 unspecified atom stereocenters. The zero-order valence-electron chi connectivity index (χ0n) is 12.8. The van der Waals surface area contributed by atoms with Gasteiger partial charge in [-0.05, 0) is 30.4 Å². The van der Waals surface area contributed by atoms with Crippen LogP contribution >= 0.6 is 11.8 Å². The maximum absolute atomic E-state index is 14.2. The van der Waals surface area contributed by atoms with Gasteiger partial charge in [0, 0.05) is 22.7 Å². The minimum atomic E-state index is -0.0590. The molecule has 3 heteroatoms. The van der Waals surface area contributed by atoms with E-state index in [9.17, 15) is 4.39 Å². The molecule has 1 aliphatic rings. The number of hydrogen-bond donors (Lipinski definition) is 1. The van der Waals surface area contributed by atoms with E-state index in [0.717, 1.165) is 22.9 Å². The van der Waals surface area contributed by atoms with Crippen LogP contribution in [0, 0.1) is 11.7 Å². The second-order valence-corrected chi connectivity index (χ2v) is 7.59. The summed E-state index contributed by atoms with van der Waals surface area (Å²) in [7, 11) is 0. The second-order valence-electron chi connectivity index (χ2n) is 6.28. The second kappa shape index (κ2) is 7.46. The van der Waals surface area contributed by atoms with Crippen LogP contribution in [0.3, 0.4) is 0 Å². The van der Waals surface area contributed by atoms with E-state index in [1.165, 1.54) is 25.7 Å². The van der Waals surface area contributed by atoms with Crippen molar-refractivity contribution in [2.75, 3.05) is 0 Å². The monoisotopic (exact) mass is 295 g/mol. The van der Waals surface area contributed by atoms with Crippen molar-refractivity contribution in [1.82, 2.24) is 5.32 Å². The van der Waals surface area contributed by atoms with E-state index in [2.05, 4.69) is 26.1 Å². The predicted octanol–water partition coefficient (Wildman–Crippen LogP) is 4.99. The number of halogens is 1. The smallest absolute Gasteiger partial charge is 0.137 e. The van der Waals surface area contributed by atoms with Gasteiger partial charge in [0.15, 0.2) is 0 Å². The van der Waals surface area contributed by atoms with Gasteiger partial charge < -0.3 is 5.32 Å². The summed E-state index contributed by atoms with van der Waals surface area (Å²) < 4.78 is 14.2. The molecule has 2 rings (SSSR count). The molecular weight excluding hydrogens is 269 g/mol. The SMILES string of the molecule is CC1CCCC(Sc2c(F)cccc2CNC(C)C)C1. The minimum Gasteiger partial charge on any atom is -0.310 e. The summed E-state index contributed by atoms with van der Waals surface area (Å²) in [6.45, 7) is 7.30. The summed E-state index contributed by atoms with van der Waals surface area (Å²) in [6.07, 6.45) is 5.05. The lowest BCUT2D eigenvalue weighted by molar-refractivity contribution is 0.394. The highest BCUT2D eigenvalue weighted by molar-refractivity contribution is 8.00. The predicted molar refractivity (Wildman–Crippen MR) is 85.7 cm³/mol. The Labute approximate surface area is 126 Å². The zero-order chi connectivity index (χ0) is 14.5. The summed E-state index contributed by atoms with van der Waals surface area (Å²) in [5, 5.41) is 3.97. The van der Waals surface area contributed by atoms with Crippen LogP contribution in [0.25, 0.3) is 0 Å². The normalized spacial score (nSPS) is 23.2. The molecule has 0 spiro atoms. The highest BCUT2D eigenvalue weighted by Gasteiger charge is 2.22. The van der Waals surface area contributed by atoms with E-state index in [-0.39, 0.29) is 5.82 Å². The average molecular weight is 295 g/mol. The maximum Gasteiger partial charge on any atom is 0.137 e. The zero-order valence-corrected chi connectivity index (χ0v) is 13.6. The van der Waals surface area contributed by atoms with E-state index in [0.29, 0.717) is 11.3 Å². The molecule has 20 heavy (non-hydrogen) atoms. The molecule has 1 N–H and O–H groups in total. The lowest BCUT2D eigenvalue weighted by Gasteiger charge is -2.27. The molecule has 0 heterocycles. The Balaban J connectivity index is 2.08. The van der Waals surface area contributed by atoms with E-state index >= 15 is 0 Å². The van der Waals surface area contributed by atoms with E-state index in [1.807, 2.05) is 12.1 Å². The van der Waals surface area contributed by atoms with Crippen molar-refractivity contribution in [3.63, 3.8) is 0 Å². The van der Waals surface area contributed by atoms with Crippen molar-refractivity contribution in [3.05, 3.63) is 29.6 Å². The van der Waals surface area contributed by atoms with Crippen LogP contribution in [-0.2, 0) is 6.54 Å². The van der Waals surface area contributed by atoms with Crippen LogP contribution < -0.4 is 5.32 Å². The van der Waals surface area contributed by atoms with Crippen LogP contribution in [0.15, 0.2) is 23.1 Å². The molecule has 0 bridgehead atoms. The van der Waals surface area contributed by atoms with Gasteiger partial charge in [-0.3, -0.25) is 0 Å². The first-order valence-electron chi connectivity index (χ1n) is 7.73. The summed E-state index contributed by atoms with van der Waals surface area (Å²) in [5.74, 6) is 0.724. The lowest BCUT2D eigenvalue weighted by Crippen LogP contribution is -2.22. The molecule has 1 saturated carbocycles. The van der Waals surface area contributed by atoms with Gasteiger partial charge in [-0.1, -0.05) is 45.7 Å². The Bertz CT molecular complexity index is 433. The molecule has 1 fully saturated rings. The summed E-state index contributed by atoms with van der Waals surface area (Å²) in [5.41, 5.74) is 1.10.